The molecular weight excluding hydrogens is 288 g/mol. The lowest BCUT2D eigenvalue weighted by Gasteiger charge is -2.02. The van der Waals surface area contributed by atoms with E-state index in [1.54, 1.807) is 0 Å². The van der Waals surface area contributed by atoms with Crippen LogP contribution in [0.1, 0.15) is 11.1 Å². The molecule has 9 nitrogen and oxygen atoms in total. The average Bonchev–Trinajstić information content (AvgIpc) is 2.48. The molecule has 0 aliphatic heterocycles. The summed E-state index contributed by atoms with van der Waals surface area (Å²) in [5.41, 5.74) is 2.85. The van der Waals surface area contributed by atoms with E-state index >= 15 is 0 Å². The molecule has 22 heavy (non-hydrogen) atoms. The van der Waals surface area contributed by atoms with Gasteiger partial charge in [-0.3, -0.25) is 14.6 Å². The first kappa shape index (κ1) is 15.2. The maximum atomic E-state index is 11.5. The normalized spacial score (nSPS) is 10.6. The Bertz CT molecular complexity index is 790. The molecule has 114 valence electrons. The molecule has 1 aromatic heterocycles. The van der Waals surface area contributed by atoms with Crippen molar-refractivity contribution in [3.8, 4) is 0 Å². The Morgan fingerprint density at radius 2 is 2.05 bits per heavy atom. The van der Waals surface area contributed by atoms with Crippen LogP contribution in [0.15, 0.2) is 39.0 Å². The van der Waals surface area contributed by atoms with E-state index in [1.165, 1.54) is 6.21 Å². The lowest BCUT2D eigenvalue weighted by molar-refractivity contribution is -0.119. The van der Waals surface area contributed by atoms with Crippen molar-refractivity contribution in [2.24, 2.45) is 5.10 Å². The van der Waals surface area contributed by atoms with E-state index in [4.69, 9.17) is 0 Å². The van der Waals surface area contributed by atoms with Crippen LogP contribution >= 0.6 is 0 Å². The lowest BCUT2D eigenvalue weighted by Crippen LogP contribution is -2.31. The molecule has 0 aliphatic carbocycles. The molecule has 0 bridgehead atoms. The molecule has 0 aliphatic rings. The van der Waals surface area contributed by atoms with Crippen LogP contribution in [-0.2, 0) is 4.79 Å². The van der Waals surface area contributed by atoms with E-state index in [0.717, 1.165) is 11.1 Å². The van der Waals surface area contributed by atoms with Crippen LogP contribution in [0.2, 0.25) is 0 Å². The van der Waals surface area contributed by atoms with Gasteiger partial charge in [-0.25, -0.2) is 15.3 Å². The van der Waals surface area contributed by atoms with Gasteiger partial charge >= 0.3 is 5.69 Å². The van der Waals surface area contributed by atoms with E-state index in [2.05, 4.69) is 20.9 Å². The maximum absolute atomic E-state index is 11.5. The minimum Gasteiger partial charge on any atom is -0.355 e. The fourth-order valence-corrected chi connectivity index (χ4v) is 1.50. The highest BCUT2D eigenvalue weighted by Gasteiger charge is 2.04. The number of amides is 1. The number of H-pyrrole nitrogens is 2. The van der Waals surface area contributed by atoms with E-state index in [-0.39, 0.29) is 12.4 Å². The Balaban J connectivity index is 1.84. The van der Waals surface area contributed by atoms with Crippen LogP contribution in [0.3, 0.4) is 0 Å². The van der Waals surface area contributed by atoms with Crippen LogP contribution in [0.5, 0.6) is 0 Å². The average molecular weight is 302 g/mol. The van der Waals surface area contributed by atoms with Crippen LogP contribution in [0.4, 0.5) is 5.82 Å². The number of rotatable bonds is 5. The molecule has 2 aromatic rings. The van der Waals surface area contributed by atoms with Crippen molar-refractivity contribution in [1.82, 2.24) is 20.6 Å². The predicted octanol–water partition coefficient (Wildman–Crippen LogP) is -0.671. The van der Waals surface area contributed by atoms with Gasteiger partial charge in [0.1, 0.15) is 0 Å². The molecule has 1 heterocycles. The second-order valence-corrected chi connectivity index (χ2v) is 4.41. The van der Waals surface area contributed by atoms with Gasteiger partial charge in [-0.05, 0) is 12.5 Å². The van der Waals surface area contributed by atoms with E-state index < -0.39 is 17.2 Å². The van der Waals surface area contributed by atoms with Gasteiger partial charge in [-0.1, -0.05) is 29.8 Å². The third kappa shape index (κ3) is 4.40. The number of hydrazone groups is 1. The van der Waals surface area contributed by atoms with Gasteiger partial charge in [-0.15, -0.1) is 5.10 Å². The van der Waals surface area contributed by atoms with E-state index in [9.17, 15) is 14.4 Å². The number of carbonyl (C=O) groups is 1. The Morgan fingerprint density at radius 3 is 2.73 bits per heavy atom. The lowest BCUT2D eigenvalue weighted by atomic mass is 10.2. The number of hydrogen-bond donors (Lipinski definition) is 4. The molecule has 0 saturated carbocycles. The minimum absolute atomic E-state index is 0.155. The molecule has 1 aromatic carbocycles. The first-order valence-electron chi connectivity index (χ1n) is 6.36. The molecular formula is C13H14N6O3. The van der Waals surface area contributed by atoms with Crippen LogP contribution in [0.25, 0.3) is 0 Å². The molecule has 0 atom stereocenters. The van der Waals surface area contributed by atoms with Gasteiger partial charge in [0, 0.05) is 0 Å². The van der Waals surface area contributed by atoms with Crippen molar-refractivity contribution in [3.63, 3.8) is 0 Å². The second kappa shape index (κ2) is 6.97. The van der Waals surface area contributed by atoms with Crippen molar-refractivity contribution in [2.45, 2.75) is 6.92 Å². The monoisotopic (exact) mass is 302 g/mol. The number of hydrogen-bond acceptors (Lipinski definition) is 6. The quantitative estimate of drug-likeness (QED) is 0.429. The van der Waals surface area contributed by atoms with Crippen LogP contribution < -0.4 is 22.0 Å². The molecule has 0 unspecified atom stereocenters. The largest absolute Gasteiger partial charge is 0.355 e. The molecule has 2 rings (SSSR count). The number of anilines is 1. The number of benzene rings is 1. The second-order valence-electron chi connectivity index (χ2n) is 4.41. The minimum atomic E-state index is -0.720. The van der Waals surface area contributed by atoms with Gasteiger partial charge < -0.3 is 5.32 Å². The highest BCUT2D eigenvalue weighted by atomic mass is 16.2. The van der Waals surface area contributed by atoms with Crippen molar-refractivity contribution in [3.05, 3.63) is 56.2 Å². The Kier molecular flexibility index (Phi) is 4.81. The zero-order valence-electron chi connectivity index (χ0n) is 11.7. The molecule has 1 amide bonds. The standard InChI is InChI=1S/C13H14N6O3/c1-8-2-4-9(5-3-8)6-15-17-10(20)7-14-11-12(21)16-13(22)19-18-11/h2-6H,7H2,1H3,(H,14,18)(H,17,20)(H2,16,19,21,22)/b15-6+. The number of aromatic amines is 2. The zero-order valence-corrected chi connectivity index (χ0v) is 11.7. The summed E-state index contributed by atoms with van der Waals surface area (Å²) in [5.74, 6) is -0.618. The van der Waals surface area contributed by atoms with Gasteiger partial charge in [0.15, 0.2) is 0 Å². The Hall–Kier alpha value is -3.23. The molecule has 9 heteroatoms. The van der Waals surface area contributed by atoms with Gasteiger partial charge in [0.2, 0.25) is 5.82 Å². The van der Waals surface area contributed by atoms with E-state index in [1.807, 2.05) is 41.3 Å². The molecule has 0 spiro atoms. The van der Waals surface area contributed by atoms with Gasteiger partial charge in [-0.2, -0.15) is 5.10 Å². The van der Waals surface area contributed by atoms with E-state index in [0.29, 0.717) is 0 Å². The maximum Gasteiger partial charge on any atom is 0.342 e. The summed E-state index contributed by atoms with van der Waals surface area (Å²) in [5, 5.41) is 11.8. The molecule has 4 N–H and O–H groups in total. The smallest absolute Gasteiger partial charge is 0.342 e. The third-order valence-electron chi connectivity index (χ3n) is 2.61. The first-order valence-corrected chi connectivity index (χ1v) is 6.36. The number of carbonyl (C=O) groups excluding carboxylic acids is 1. The van der Waals surface area contributed by atoms with Crippen LogP contribution in [0, 0.1) is 6.92 Å². The summed E-state index contributed by atoms with van der Waals surface area (Å²) in [6.07, 6.45) is 1.50. The first-order chi connectivity index (χ1) is 10.5. The Labute approximate surface area is 124 Å². The van der Waals surface area contributed by atoms with Gasteiger partial charge in [0.25, 0.3) is 11.5 Å². The number of aryl methyl sites for hydroxylation is 1. The van der Waals surface area contributed by atoms with Crippen molar-refractivity contribution in [2.75, 3.05) is 11.9 Å². The Morgan fingerprint density at radius 1 is 1.32 bits per heavy atom. The molecule has 0 fully saturated rings. The molecule has 0 radical (unpaired) electrons. The summed E-state index contributed by atoms with van der Waals surface area (Å²) < 4.78 is 0. The van der Waals surface area contributed by atoms with Crippen molar-refractivity contribution < 1.29 is 4.79 Å². The highest BCUT2D eigenvalue weighted by Crippen LogP contribution is 1.99. The predicted molar refractivity (Wildman–Crippen MR) is 80.9 cm³/mol. The van der Waals surface area contributed by atoms with Crippen molar-refractivity contribution >= 4 is 17.9 Å². The molecule has 0 saturated heterocycles. The van der Waals surface area contributed by atoms with Crippen LogP contribution in [-0.4, -0.2) is 33.8 Å². The summed E-state index contributed by atoms with van der Waals surface area (Å²) in [6.45, 7) is 1.76. The number of nitrogens with zero attached hydrogens (tertiary/aromatic N) is 2. The summed E-state index contributed by atoms with van der Waals surface area (Å²) >= 11 is 0. The van der Waals surface area contributed by atoms with Gasteiger partial charge in [0.05, 0.1) is 12.8 Å². The highest BCUT2D eigenvalue weighted by molar-refractivity contribution is 5.84. The third-order valence-corrected chi connectivity index (χ3v) is 2.61. The van der Waals surface area contributed by atoms with Crippen molar-refractivity contribution in [1.29, 1.82) is 0 Å². The SMILES string of the molecule is Cc1ccc(/C=N/NC(=O)CNc2n[nH]c(=O)[nH]c2=O)cc1. The topological polar surface area (TPSA) is 132 Å². The fraction of sp³-hybridized carbons (Fsp3) is 0.154. The number of nitrogens with one attached hydrogen (secondary N) is 4. The zero-order chi connectivity index (χ0) is 15.9. The summed E-state index contributed by atoms with van der Waals surface area (Å²) in [4.78, 5) is 35.6. The number of aromatic nitrogens is 3. The fourth-order valence-electron chi connectivity index (χ4n) is 1.50. The summed E-state index contributed by atoms with van der Waals surface area (Å²) in [7, 11) is 0. The summed E-state index contributed by atoms with van der Waals surface area (Å²) in [6, 6.07) is 7.59.